The van der Waals surface area contributed by atoms with E-state index in [-0.39, 0.29) is 17.8 Å². The molecule has 3 aromatic rings. The summed E-state index contributed by atoms with van der Waals surface area (Å²) in [5, 5.41) is 0. The molecule has 0 saturated carbocycles. The van der Waals surface area contributed by atoms with Crippen LogP contribution in [0.5, 0.6) is 11.5 Å². The number of amides is 1. The molecule has 1 aliphatic rings. The predicted molar refractivity (Wildman–Crippen MR) is 115 cm³/mol. The Labute approximate surface area is 185 Å². The number of halogens is 1. The summed E-state index contributed by atoms with van der Waals surface area (Å²) in [6.45, 7) is 0.311. The Hall–Kier alpha value is -3.87. The van der Waals surface area contributed by atoms with E-state index in [0.29, 0.717) is 23.6 Å². The number of carbonyl (C=O) groups excluding carboxylic acids is 2. The molecular formula is C25H22FNO5. The van der Waals surface area contributed by atoms with Crippen LogP contribution in [0, 0.1) is 5.82 Å². The number of β-lactam (4-membered cyclic amide) rings is 1. The fraction of sp³-hybridized carbons (Fsp3) is 0.200. The van der Waals surface area contributed by atoms with Crippen molar-refractivity contribution in [2.24, 2.45) is 0 Å². The molecule has 1 amide bonds. The van der Waals surface area contributed by atoms with E-state index >= 15 is 0 Å². The van der Waals surface area contributed by atoms with E-state index in [1.807, 2.05) is 0 Å². The van der Waals surface area contributed by atoms with Crippen molar-refractivity contribution < 1.29 is 28.2 Å². The summed E-state index contributed by atoms with van der Waals surface area (Å²) in [5.74, 6) is 0.286. The van der Waals surface area contributed by atoms with Crippen molar-refractivity contribution in [2.75, 3.05) is 14.2 Å². The first-order chi connectivity index (χ1) is 15.5. The highest BCUT2D eigenvalue weighted by Crippen LogP contribution is 2.39. The number of methoxy groups -OCH3 is 2. The van der Waals surface area contributed by atoms with Crippen LogP contribution in [0.25, 0.3) is 0 Å². The second-order valence-electron chi connectivity index (χ2n) is 7.37. The van der Waals surface area contributed by atoms with Gasteiger partial charge in [0.25, 0.3) is 5.91 Å². The zero-order valence-electron chi connectivity index (χ0n) is 17.7. The molecule has 1 saturated heterocycles. The van der Waals surface area contributed by atoms with E-state index in [1.54, 1.807) is 72.7 Å². The minimum absolute atomic E-state index is 0.174. The SMILES string of the molecule is COC(=O)c1ccc([C@@H]2[C@H](Oc3ccc(OC)cc3)C(=O)N2Cc2ccc(F)cc2)cc1. The molecule has 6 nitrogen and oxygen atoms in total. The molecule has 1 fully saturated rings. The Balaban J connectivity index is 1.60. The van der Waals surface area contributed by atoms with Crippen LogP contribution in [-0.2, 0) is 16.1 Å². The highest BCUT2D eigenvalue weighted by Gasteiger charge is 2.50. The van der Waals surface area contributed by atoms with Crippen molar-refractivity contribution in [3.05, 3.63) is 95.3 Å². The number of benzene rings is 3. The van der Waals surface area contributed by atoms with Crippen LogP contribution in [0.1, 0.15) is 27.5 Å². The van der Waals surface area contributed by atoms with Gasteiger partial charge in [-0.05, 0) is 59.7 Å². The quantitative estimate of drug-likeness (QED) is 0.412. The number of nitrogens with zero attached hydrogens (tertiary/aromatic N) is 1. The zero-order chi connectivity index (χ0) is 22.7. The summed E-state index contributed by atoms with van der Waals surface area (Å²) in [7, 11) is 2.90. The maximum atomic E-state index is 13.3. The van der Waals surface area contributed by atoms with Crippen LogP contribution in [0.15, 0.2) is 72.8 Å². The highest BCUT2D eigenvalue weighted by atomic mass is 19.1. The first-order valence-electron chi connectivity index (χ1n) is 10.0. The lowest BCUT2D eigenvalue weighted by atomic mass is 9.89. The van der Waals surface area contributed by atoms with Crippen LogP contribution in [-0.4, -0.2) is 37.1 Å². The highest BCUT2D eigenvalue weighted by molar-refractivity contribution is 5.90. The Kier molecular flexibility index (Phi) is 6.07. The van der Waals surface area contributed by atoms with E-state index in [4.69, 9.17) is 14.2 Å². The topological polar surface area (TPSA) is 65.1 Å². The second-order valence-corrected chi connectivity index (χ2v) is 7.37. The van der Waals surface area contributed by atoms with Crippen LogP contribution < -0.4 is 9.47 Å². The van der Waals surface area contributed by atoms with Crippen LogP contribution in [0.2, 0.25) is 0 Å². The van der Waals surface area contributed by atoms with Gasteiger partial charge in [0, 0.05) is 6.54 Å². The lowest BCUT2D eigenvalue weighted by molar-refractivity contribution is -0.165. The van der Waals surface area contributed by atoms with Gasteiger partial charge in [0.05, 0.1) is 19.8 Å². The third-order valence-corrected chi connectivity index (χ3v) is 5.41. The van der Waals surface area contributed by atoms with Crippen molar-refractivity contribution in [3.8, 4) is 11.5 Å². The van der Waals surface area contributed by atoms with Crippen LogP contribution in [0.3, 0.4) is 0 Å². The normalized spacial score (nSPS) is 17.5. The monoisotopic (exact) mass is 435 g/mol. The smallest absolute Gasteiger partial charge is 0.337 e. The van der Waals surface area contributed by atoms with Gasteiger partial charge in [-0.1, -0.05) is 24.3 Å². The molecule has 0 N–H and O–H groups in total. The Morgan fingerprint density at radius 2 is 1.53 bits per heavy atom. The summed E-state index contributed by atoms with van der Waals surface area (Å²) < 4.78 is 29.2. The molecule has 2 atom stereocenters. The van der Waals surface area contributed by atoms with E-state index in [1.165, 1.54) is 19.2 Å². The van der Waals surface area contributed by atoms with Gasteiger partial charge < -0.3 is 19.1 Å². The lowest BCUT2D eigenvalue weighted by Gasteiger charge is -2.47. The molecule has 1 aliphatic heterocycles. The Bertz CT molecular complexity index is 1100. The summed E-state index contributed by atoms with van der Waals surface area (Å²) >= 11 is 0. The molecule has 0 bridgehead atoms. The molecule has 7 heteroatoms. The first-order valence-corrected chi connectivity index (χ1v) is 10.0. The number of ether oxygens (including phenoxy) is 3. The van der Waals surface area contributed by atoms with E-state index in [9.17, 15) is 14.0 Å². The van der Waals surface area contributed by atoms with Gasteiger partial charge in [0.15, 0.2) is 0 Å². The predicted octanol–water partition coefficient (Wildman–Crippen LogP) is 4.15. The minimum Gasteiger partial charge on any atom is -0.497 e. The number of carbonyl (C=O) groups is 2. The van der Waals surface area contributed by atoms with Crippen molar-refractivity contribution >= 4 is 11.9 Å². The Morgan fingerprint density at radius 3 is 2.12 bits per heavy atom. The van der Waals surface area contributed by atoms with E-state index < -0.39 is 12.1 Å². The summed E-state index contributed by atoms with van der Waals surface area (Å²) in [6.07, 6.45) is -0.729. The molecule has 4 rings (SSSR count). The molecule has 1 heterocycles. The molecular weight excluding hydrogens is 413 g/mol. The average Bonchev–Trinajstić information content (AvgIpc) is 2.84. The van der Waals surface area contributed by atoms with Gasteiger partial charge in [-0.25, -0.2) is 9.18 Å². The number of esters is 1. The maximum absolute atomic E-state index is 13.3. The second kappa shape index (κ2) is 9.09. The molecule has 0 unspecified atom stereocenters. The molecule has 0 radical (unpaired) electrons. The molecule has 0 spiro atoms. The van der Waals surface area contributed by atoms with E-state index in [2.05, 4.69) is 0 Å². The van der Waals surface area contributed by atoms with Gasteiger partial charge in [-0.15, -0.1) is 0 Å². The molecule has 164 valence electrons. The van der Waals surface area contributed by atoms with Gasteiger partial charge in [-0.3, -0.25) is 4.79 Å². The number of hydrogen-bond acceptors (Lipinski definition) is 5. The molecule has 32 heavy (non-hydrogen) atoms. The van der Waals surface area contributed by atoms with Gasteiger partial charge >= 0.3 is 5.97 Å². The van der Waals surface area contributed by atoms with Crippen LogP contribution in [0.4, 0.5) is 4.39 Å². The van der Waals surface area contributed by atoms with Crippen molar-refractivity contribution in [2.45, 2.75) is 18.7 Å². The van der Waals surface area contributed by atoms with Crippen molar-refractivity contribution in [3.63, 3.8) is 0 Å². The van der Waals surface area contributed by atoms with Crippen molar-refractivity contribution in [1.29, 1.82) is 0 Å². The third kappa shape index (κ3) is 4.27. The fourth-order valence-corrected chi connectivity index (χ4v) is 3.68. The van der Waals surface area contributed by atoms with Crippen LogP contribution >= 0.6 is 0 Å². The molecule has 3 aromatic carbocycles. The third-order valence-electron chi connectivity index (χ3n) is 5.41. The largest absolute Gasteiger partial charge is 0.497 e. The lowest BCUT2D eigenvalue weighted by Crippen LogP contribution is -2.60. The van der Waals surface area contributed by atoms with E-state index in [0.717, 1.165) is 11.1 Å². The van der Waals surface area contributed by atoms with Crippen molar-refractivity contribution in [1.82, 2.24) is 4.90 Å². The zero-order valence-corrected chi connectivity index (χ0v) is 17.7. The molecule has 0 aliphatic carbocycles. The number of hydrogen-bond donors (Lipinski definition) is 0. The maximum Gasteiger partial charge on any atom is 0.337 e. The fourth-order valence-electron chi connectivity index (χ4n) is 3.68. The summed E-state index contributed by atoms with van der Waals surface area (Å²) in [4.78, 5) is 26.4. The average molecular weight is 435 g/mol. The summed E-state index contributed by atoms with van der Waals surface area (Å²) in [5.41, 5.74) is 2.04. The first kappa shape index (κ1) is 21.4. The standard InChI is InChI=1S/C25H22FNO5/c1-30-20-11-13-21(14-12-20)32-23-22(17-5-7-18(8-6-17)25(29)31-2)27(24(23)28)15-16-3-9-19(26)10-4-16/h3-14,22-23H,15H2,1-2H3/t22-,23+/m1/s1. The summed E-state index contributed by atoms with van der Waals surface area (Å²) in [6, 6.07) is 19.5. The Morgan fingerprint density at radius 1 is 0.906 bits per heavy atom. The van der Waals surface area contributed by atoms with Gasteiger partial charge in [0.1, 0.15) is 23.4 Å². The van der Waals surface area contributed by atoms with Gasteiger partial charge in [-0.2, -0.15) is 0 Å². The minimum atomic E-state index is -0.729. The molecule has 0 aromatic heterocycles. The number of likely N-dealkylation sites (tertiary alicyclic amines) is 1. The number of rotatable bonds is 7. The van der Waals surface area contributed by atoms with Gasteiger partial charge in [0.2, 0.25) is 6.10 Å².